The summed E-state index contributed by atoms with van der Waals surface area (Å²) in [7, 11) is 0. The van der Waals surface area contributed by atoms with E-state index in [9.17, 15) is 9.90 Å². The molecule has 140 valence electrons. The third-order valence-corrected chi connectivity index (χ3v) is 4.23. The third kappa shape index (κ3) is 6.72. The molecule has 2 rings (SSSR count). The molecule has 0 radical (unpaired) electrons. The molecule has 0 unspecified atom stereocenters. The molecule has 6 nitrogen and oxygen atoms in total. The molecule has 1 saturated heterocycles. The van der Waals surface area contributed by atoms with Gasteiger partial charge in [0.15, 0.2) is 5.96 Å². The van der Waals surface area contributed by atoms with Gasteiger partial charge in [-0.3, -0.25) is 9.79 Å². The number of guanidine groups is 1. The van der Waals surface area contributed by atoms with E-state index in [1.165, 1.54) is 18.9 Å². The minimum Gasteiger partial charge on any atom is -0.507 e. The van der Waals surface area contributed by atoms with Crippen molar-refractivity contribution in [3.05, 3.63) is 29.8 Å². The van der Waals surface area contributed by atoms with Crippen molar-refractivity contribution < 1.29 is 9.90 Å². The van der Waals surface area contributed by atoms with Crippen molar-refractivity contribution in [3.8, 4) is 5.75 Å². The molecule has 1 amide bonds. The van der Waals surface area contributed by atoms with E-state index in [4.69, 9.17) is 0 Å². The zero-order valence-electron chi connectivity index (χ0n) is 15.0. The maximum atomic E-state index is 12.0. The van der Waals surface area contributed by atoms with Gasteiger partial charge >= 0.3 is 0 Å². The Labute approximate surface area is 167 Å². The summed E-state index contributed by atoms with van der Waals surface area (Å²) in [4.78, 5) is 18.9. The highest BCUT2D eigenvalue weighted by Crippen LogP contribution is 2.16. The molecule has 0 aliphatic carbocycles. The van der Waals surface area contributed by atoms with Crippen molar-refractivity contribution in [1.82, 2.24) is 15.5 Å². The monoisotopic (exact) mass is 460 g/mol. The molecule has 0 aromatic heterocycles. The lowest BCUT2D eigenvalue weighted by Crippen LogP contribution is -2.45. The molecule has 0 atom stereocenters. The van der Waals surface area contributed by atoms with Gasteiger partial charge in [-0.25, -0.2) is 0 Å². The molecule has 7 heteroatoms. The van der Waals surface area contributed by atoms with Crippen LogP contribution in [0, 0.1) is 5.92 Å². The number of likely N-dealkylation sites (tertiary alicyclic amines) is 1. The number of aliphatic imine (C=N–C) groups is 1. The topological polar surface area (TPSA) is 77.0 Å². The summed E-state index contributed by atoms with van der Waals surface area (Å²) in [5, 5.41) is 15.8. The number of piperidine rings is 1. The van der Waals surface area contributed by atoms with Crippen LogP contribution in [0.1, 0.15) is 37.0 Å². The van der Waals surface area contributed by atoms with Crippen molar-refractivity contribution in [2.24, 2.45) is 10.9 Å². The number of amides is 1. The van der Waals surface area contributed by atoms with Gasteiger partial charge in [0.2, 0.25) is 0 Å². The Bertz CT molecular complexity index is 572. The molecular weight excluding hydrogens is 431 g/mol. The molecule has 1 heterocycles. The third-order valence-electron chi connectivity index (χ3n) is 4.23. The fraction of sp³-hybridized carbons (Fsp3) is 0.556. The summed E-state index contributed by atoms with van der Waals surface area (Å²) in [6.07, 6.45) is 2.38. The first-order chi connectivity index (χ1) is 11.6. The first-order valence-corrected chi connectivity index (χ1v) is 8.71. The average Bonchev–Trinajstić information content (AvgIpc) is 2.58. The maximum Gasteiger partial charge on any atom is 0.255 e. The average molecular weight is 460 g/mol. The highest BCUT2D eigenvalue weighted by atomic mass is 127. The van der Waals surface area contributed by atoms with Crippen LogP contribution in [0.4, 0.5) is 0 Å². The number of aromatic hydroxyl groups is 1. The second-order valence-electron chi connectivity index (χ2n) is 6.18. The van der Waals surface area contributed by atoms with Crippen molar-refractivity contribution in [2.75, 3.05) is 32.7 Å². The van der Waals surface area contributed by atoms with Gasteiger partial charge in [-0.15, -0.1) is 24.0 Å². The van der Waals surface area contributed by atoms with Gasteiger partial charge in [0.05, 0.1) is 12.1 Å². The van der Waals surface area contributed by atoms with E-state index in [1.807, 2.05) is 0 Å². The predicted molar refractivity (Wildman–Crippen MR) is 112 cm³/mol. The second kappa shape index (κ2) is 11.2. The van der Waals surface area contributed by atoms with Gasteiger partial charge in [-0.05, 0) is 37.8 Å². The van der Waals surface area contributed by atoms with Crippen LogP contribution >= 0.6 is 24.0 Å². The van der Waals surface area contributed by atoms with E-state index in [0.29, 0.717) is 18.7 Å². The lowest BCUT2D eigenvalue weighted by molar-refractivity contribution is 0.0952. The van der Waals surface area contributed by atoms with Crippen LogP contribution in [-0.4, -0.2) is 54.6 Å². The molecule has 0 bridgehead atoms. The Morgan fingerprint density at radius 2 is 1.96 bits per heavy atom. The summed E-state index contributed by atoms with van der Waals surface area (Å²) in [6, 6.07) is 6.53. The van der Waals surface area contributed by atoms with Gasteiger partial charge in [-0.2, -0.15) is 0 Å². The number of carbonyl (C=O) groups is 1. The summed E-state index contributed by atoms with van der Waals surface area (Å²) in [5.74, 6) is 1.41. The first-order valence-electron chi connectivity index (χ1n) is 8.71. The van der Waals surface area contributed by atoms with Gasteiger partial charge in [0, 0.05) is 26.2 Å². The Kier molecular flexibility index (Phi) is 9.62. The number of hydrogen-bond donors (Lipinski definition) is 3. The van der Waals surface area contributed by atoms with E-state index in [1.54, 1.807) is 18.2 Å². The van der Waals surface area contributed by atoms with Crippen LogP contribution in [0.5, 0.6) is 5.75 Å². The van der Waals surface area contributed by atoms with Crippen LogP contribution in [0.2, 0.25) is 0 Å². The lowest BCUT2D eigenvalue weighted by Gasteiger charge is -2.33. The minimum absolute atomic E-state index is 0. The molecule has 0 spiro atoms. The number of phenolic OH excluding ortho intramolecular Hbond substituents is 1. The minimum atomic E-state index is -0.278. The Morgan fingerprint density at radius 1 is 1.28 bits per heavy atom. The number of benzene rings is 1. The zero-order valence-corrected chi connectivity index (χ0v) is 17.3. The van der Waals surface area contributed by atoms with Gasteiger partial charge in [0.25, 0.3) is 5.91 Å². The van der Waals surface area contributed by atoms with Crippen molar-refractivity contribution >= 4 is 35.8 Å². The van der Waals surface area contributed by atoms with Crippen molar-refractivity contribution in [3.63, 3.8) is 0 Å². The van der Waals surface area contributed by atoms with Gasteiger partial charge in [0.1, 0.15) is 5.75 Å². The van der Waals surface area contributed by atoms with Crippen LogP contribution in [0.15, 0.2) is 29.3 Å². The number of nitrogens with zero attached hydrogens (tertiary/aromatic N) is 2. The zero-order chi connectivity index (χ0) is 17.4. The highest BCUT2D eigenvalue weighted by molar-refractivity contribution is 14.0. The molecular formula is C18H29IN4O2. The molecule has 25 heavy (non-hydrogen) atoms. The summed E-state index contributed by atoms with van der Waals surface area (Å²) >= 11 is 0. The molecule has 1 aromatic carbocycles. The Morgan fingerprint density at radius 3 is 2.60 bits per heavy atom. The second-order valence-corrected chi connectivity index (χ2v) is 6.18. The Hall–Kier alpha value is -1.51. The first kappa shape index (κ1) is 21.5. The van der Waals surface area contributed by atoms with E-state index < -0.39 is 0 Å². The number of para-hydroxylation sites is 1. The van der Waals surface area contributed by atoms with Crippen LogP contribution in [0.3, 0.4) is 0 Å². The molecule has 1 aliphatic rings. The predicted octanol–water partition coefficient (Wildman–Crippen LogP) is 2.44. The van der Waals surface area contributed by atoms with Crippen molar-refractivity contribution in [2.45, 2.75) is 26.7 Å². The molecule has 0 saturated carbocycles. The number of halogens is 1. The number of rotatable bonds is 5. The largest absolute Gasteiger partial charge is 0.507 e. The molecule has 1 fully saturated rings. The van der Waals surface area contributed by atoms with Crippen LogP contribution in [-0.2, 0) is 0 Å². The maximum absolute atomic E-state index is 12.0. The fourth-order valence-electron chi connectivity index (χ4n) is 2.74. The number of nitrogens with one attached hydrogen (secondary N) is 2. The van der Waals surface area contributed by atoms with Crippen LogP contribution in [0.25, 0.3) is 0 Å². The normalized spacial score (nSPS) is 15.4. The van der Waals surface area contributed by atoms with Gasteiger partial charge < -0.3 is 20.6 Å². The van der Waals surface area contributed by atoms with Gasteiger partial charge in [-0.1, -0.05) is 19.1 Å². The fourth-order valence-corrected chi connectivity index (χ4v) is 2.74. The van der Waals surface area contributed by atoms with E-state index in [0.717, 1.165) is 31.5 Å². The SMILES string of the molecule is CCNC(=NCCNC(=O)c1ccccc1O)N1CCC(C)CC1.I. The molecule has 1 aromatic rings. The number of hydrogen-bond acceptors (Lipinski definition) is 3. The van der Waals surface area contributed by atoms with E-state index in [2.05, 4.69) is 34.4 Å². The Balaban J connectivity index is 0.00000312. The molecule has 3 N–H and O–H groups in total. The molecule has 1 aliphatic heterocycles. The quantitative estimate of drug-likeness (QED) is 0.273. The van der Waals surface area contributed by atoms with E-state index in [-0.39, 0.29) is 35.6 Å². The standard InChI is InChI=1S/C18H28N4O2.HI/c1-3-19-18(22-12-8-14(2)9-13-22)21-11-10-20-17(24)15-6-4-5-7-16(15)23;/h4-7,14,23H,3,8-13H2,1-2H3,(H,19,21)(H,20,24);1H. The summed E-state index contributed by atoms with van der Waals surface area (Å²) in [6.45, 7) is 8.17. The van der Waals surface area contributed by atoms with Crippen LogP contribution < -0.4 is 10.6 Å². The van der Waals surface area contributed by atoms with E-state index >= 15 is 0 Å². The smallest absolute Gasteiger partial charge is 0.255 e. The number of phenols is 1. The highest BCUT2D eigenvalue weighted by Gasteiger charge is 2.18. The number of carbonyl (C=O) groups excluding carboxylic acids is 1. The van der Waals surface area contributed by atoms with Crippen molar-refractivity contribution in [1.29, 1.82) is 0 Å². The summed E-state index contributed by atoms with van der Waals surface area (Å²) < 4.78 is 0. The summed E-state index contributed by atoms with van der Waals surface area (Å²) in [5.41, 5.74) is 0.290. The lowest BCUT2D eigenvalue weighted by atomic mass is 10.00.